The Kier molecular flexibility index (Phi) is 2.89. The van der Waals surface area contributed by atoms with Crippen LogP contribution in [-0.2, 0) is 6.42 Å². The number of pyridine rings is 1. The average molecular weight is 273 g/mol. The van der Waals surface area contributed by atoms with Crippen molar-refractivity contribution in [2.24, 2.45) is 4.99 Å². The Balaban J connectivity index is 1.54. The quantitative estimate of drug-likeness (QED) is 0.793. The molecule has 2 heterocycles. The normalized spacial score (nSPS) is 12.5. The summed E-state index contributed by atoms with van der Waals surface area (Å²) in [6.07, 6.45) is 4.63. The lowest BCUT2D eigenvalue weighted by Gasteiger charge is -2.07. The Bertz CT molecular complexity index is 817. The molecule has 0 aliphatic carbocycles. The zero-order valence-electron chi connectivity index (χ0n) is 11.6. The van der Waals surface area contributed by atoms with E-state index in [1.807, 2.05) is 24.5 Å². The van der Waals surface area contributed by atoms with E-state index in [0.717, 1.165) is 24.5 Å². The Hall–Kier alpha value is -2.68. The maximum absolute atomic E-state index is 4.72. The number of hydrogen-bond acceptors (Lipinski definition) is 3. The van der Waals surface area contributed by atoms with Crippen molar-refractivity contribution < 1.29 is 0 Å². The molecule has 4 rings (SSSR count). The molecule has 3 nitrogen and oxygen atoms in total. The molecule has 0 spiro atoms. The zero-order chi connectivity index (χ0) is 14.1. The third kappa shape index (κ3) is 2.17. The summed E-state index contributed by atoms with van der Waals surface area (Å²) >= 11 is 0. The monoisotopic (exact) mass is 273 g/mol. The van der Waals surface area contributed by atoms with E-state index in [4.69, 9.17) is 4.99 Å². The summed E-state index contributed by atoms with van der Waals surface area (Å²) in [5.74, 6) is 0.982. The minimum Gasteiger partial charge on any atom is -0.369 e. The molecule has 3 aromatic rings. The first kappa shape index (κ1) is 12.1. The molecule has 1 aliphatic rings. The van der Waals surface area contributed by atoms with Crippen LogP contribution in [0, 0.1) is 0 Å². The maximum atomic E-state index is 4.72. The van der Waals surface area contributed by atoms with Gasteiger partial charge in [-0.15, -0.1) is 0 Å². The molecule has 0 fully saturated rings. The Morgan fingerprint density at radius 3 is 2.57 bits per heavy atom. The van der Waals surface area contributed by atoms with Gasteiger partial charge in [0, 0.05) is 29.9 Å². The van der Waals surface area contributed by atoms with Gasteiger partial charge in [-0.2, -0.15) is 0 Å². The van der Waals surface area contributed by atoms with Crippen molar-refractivity contribution in [2.45, 2.75) is 6.42 Å². The van der Waals surface area contributed by atoms with Crippen molar-refractivity contribution in [3.8, 4) is 0 Å². The smallest absolute Gasteiger partial charge is 0.134 e. The van der Waals surface area contributed by atoms with Gasteiger partial charge in [0.2, 0.25) is 0 Å². The molecule has 0 radical (unpaired) electrons. The molecule has 1 aliphatic heterocycles. The van der Waals surface area contributed by atoms with E-state index in [1.54, 1.807) is 0 Å². The van der Waals surface area contributed by atoms with Gasteiger partial charge in [-0.1, -0.05) is 30.3 Å². The van der Waals surface area contributed by atoms with Crippen LogP contribution in [0.1, 0.15) is 11.1 Å². The van der Waals surface area contributed by atoms with Gasteiger partial charge in [0.05, 0.1) is 5.69 Å². The minimum atomic E-state index is 0.868. The number of hydrogen-bond donors (Lipinski definition) is 1. The van der Waals surface area contributed by atoms with Crippen molar-refractivity contribution >= 4 is 22.3 Å². The second kappa shape index (κ2) is 5.02. The van der Waals surface area contributed by atoms with Crippen LogP contribution in [0.2, 0.25) is 0 Å². The first-order valence-corrected chi connectivity index (χ1v) is 7.15. The molecule has 0 saturated heterocycles. The van der Waals surface area contributed by atoms with Crippen LogP contribution in [0.15, 0.2) is 65.9 Å². The molecule has 1 N–H and O–H groups in total. The third-order valence-corrected chi connectivity index (χ3v) is 3.83. The van der Waals surface area contributed by atoms with E-state index in [-0.39, 0.29) is 0 Å². The number of nitrogens with one attached hydrogen (secondary N) is 1. The van der Waals surface area contributed by atoms with Crippen molar-refractivity contribution in [1.82, 2.24) is 10.3 Å². The summed E-state index contributed by atoms with van der Waals surface area (Å²) in [6, 6.07) is 16.7. The van der Waals surface area contributed by atoms with Gasteiger partial charge in [0.15, 0.2) is 0 Å². The van der Waals surface area contributed by atoms with Gasteiger partial charge in [0.25, 0.3) is 0 Å². The Morgan fingerprint density at radius 2 is 1.71 bits per heavy atom. The van der Waals surface area contributed by atoms with E-state index < -0.39 is 0 Å². The van der Waals surface area contributed by atoms with Crippen molar-refractivity contribution in [3.05, 3.63) is 72.1 Å². The summed E-state index contributed by atoms with van der Waals surface area (Å²) in [5, 5.41) is 5.97. The molecular weight excluding hydrogens is 258 g/mol. The van der Waals surface area contributed by atoms with E-state index >= 15 is 0 Å². The molecule has 102 valence electrons. The predicted octanol–water partition coefficient (Wildman–Crippen LogP) is 3.46. The van der Waals surface area contributed by atoms with Gasteiger partial charge in [-0.25, -0.2) is 4.99 Å². The lowest BCUT2D eigenvalue weighted by atomic mass is 10.0. The first-order chi connectivity index (χ1) is 10.4. The number of rotatable bonds is 3. The van der Waals surface area contributed by atoms with Gasteiger partial charge in [-0.05, 0) is 35.6 Å². The lowest BCUT2D eigenvalue weighted by Crippen LogP contribution is -2.25. The first-order valence-electron chi connectivity index (χ1n) is 7.15. The number of aliphatic imine (C=N–C) groups is 1. The molecule has 0 atom stereocenters. The zero-order valence-corrected chi connectivity index (χ0v) is 11.6. The number of aromatic nitrogens is 1. The highest BCUT2D eigenvalue weighted by Crippen LogP contribution is 2.34. The van der Waals surface area contributed by atoms with Crippen LogP contribution >= 0.6 is 0 Å². The molecule has 1 aromatic heterocycles. The number of benzene rings is 2. The number of amidine groups is 1. The summed E-state index contributed by atoms with van der Waals surface area (Å²) in [4.78, 5) is 8.76. The SMILES string of the molecule is c1cc2c3c(cccc3c1)C(NCCc1ccncc1)=N2. The highest BCUT2D eigenvalue weighted by atomic mass is 15.0. The largest absolute Gasteiger partial charge is 0.369 e. The highest BCUT2D eigenvalue weighted by molar-refractivity contribution is 6.18. The molecule has 21 heavy (non-hydrogen) atoms. The fraction of sp³-hybridized carbons (Fsp3) is 0.111. The van der Waals surface area contributed by atoms with Crippen LogP contribution in [0.4, 0.5) is 5.69 Å². The van der Waals surface area contributed by atoms with Crippen LogP contribution < -0.4 is 5.32 Å². The fourth-order valence-electron chi connectivity index (χ4n) is 2.80. The summed E-state index contributed by atoms with van der Waals surface area (Å²) < 4.78 is 0. The third-order valence-electron chi connectivity index (χ3n) is 3.83. The topological polar surface area (TPSA) is 37.3 Å². The Labute approximate surface area is 123 Å². The maximum Gasteiger partial charge on any atom is 0.134 e. The molecule has 0 amide bonds. The van der Waals surface area contributed by atoms with E-state index in [0.29, 0.717) is 0 Å². The van der Waals surface area contributed by atoms with Gasteiger partial charge >= 0.3 is 0 Å². The molecule has 2 aromatic carbocycles. The van der Waals surface area contributed by atoms with Crippen molar-refractivity contribution in [1.29, 1.82) is 0 Å². The van der Waals surface area contributed by atoms with E-state index in [2.05, 4.69) is 46.7 Å². The highest BCUT2D eigenvalue weighted by Gasteiger charge is 2.17. The molecule has 0 unspecified atom stereocenters. The molecule has 0 saturated carbocycles. The van der Waals surface area contributed by atoms with Crippen LogP contribution in [-0.4, -0.2) is 17.4 Å². The van der Waals surface area contributed by atoms with Crippen molar-refractivity contribution in [2.75, 3.05) is 6.54 Å². The van der Waals surface area contributed by atoms with Gasteiger partial charge in [-0.3, -0.25) is 4.98 Å². The second-order valence-electron chi connectivity index (χ2n) is 5.17. The number of nitrogens with zero attached hydrogens (tertiary/aromatic N) is 2. The molecular formula is C18H15N3. The predicted molar refractivity (Wildman–Crippen MR) is 86.1 cm³/mol. The molecule has 3 heteroatoms. The standard InChI is InChI=1S/C18H15N3/c1-3-14-4-2-6-16-17(14)15(5-1)18(21-16)20-12-9-13-7-10-19-11-8-13/h1-8,10-11H,9,12H2,(H,20,21). The van der Waals surface area contributed by atoms with Gasteiger partial charge < -0.3 is 5.32 Å². The lowest BCUT2D eigenvalue weighted by molar-refractivity contribution is 0.866. The summed E-state index contributed by atoms with van der Waals surface area (Å²) in [6.45, 7) is 0.868. The van der Waals surface area contributed by atoms with E-state index in [9.17, 15) is 0 Å². The van der Waals surface area contributed by atoms with Crippen LogP contribution in [0.5, 0.6) is 0 Å². The van der Waals surface area contributed by atoms with E-state index in [1.165, 1.54) is 21.9 Å². The van der Waals surface area contributed by atoms with Crippen molar-refractivity contribution in [3.63, 3.8) is 0 Å². The second-order valence-corrected chi connectivity index (χ2v) is 5.17. The summed E-state index contributed by atoms with van der Waals surface area (Å²) in [5.41, 5.74) is 3.55. The van der Waals surface area contributed by atoms with Crippen LogP contribution in [0.25, 0.3) is 10.8 Å². The fourth-order valence-corrected chi connectivity index (χ4v) is 2.80. The van der Waals surface area contributed by atoms with Gasteiger partial charge in [0.1, 0.15) is 5.84 Å². The molecule has 0 bridgehead atoms. The average Bonchev–Trinajstić information content (AvgIpc) is 2.89. The Morgan fingerprint density at radius 1 is 0.905 bits per heavy atom. The van der Waals surface area contributed by atoms with Crippen LogP contribution in [0.3, 0.4) is 0 Å². The summed E-state index contributed by atoms with van der Waals surface area (Å²) in [7, 11) is 0. The minimum absolute atomic E-state index is 0.868.